The van der Waals surface area contributed by atoms with Crippen LogP contribution < -0.4 is 0 Å². The quantitative estimate of drug-likeness (QED) is 0.904. The molecule has 0 radical (unpaired) electrons. The number of rotatable bonds is 4. The summed E-state index contributed by atoms with van der Waals surface area (Å²) < 4.78 is 18.2. The van der Waals surface area contributed by atoms with Crippen LogP contribution >= 0.6 is 0 Å². The molecule has 0 spiro atoms. The molecule has 2 rings (SSSR count). The number of carboxylic acid groups (broad SMARTS) is 1. The zero-order valence-corrected chi connectivity index (χ0v) is 9.81. The van der Waals surface area contributed by atoms with E-state index in [1.807, 2.05) is 6.92 Å². The maximum absolute atomic E-state index is 13.1. The van der Waals surface area contributed by atoms with Gasteiger partial charge in [-0.25, -0.2) is 9.18 Å². The summed E-state index contributed by atoms with van der Waals surface area (Å²) in [4.78, 5) is 11.2. The predicted molar refractivity (Wildman–Crippen MR) is 62.9 cm³/mol. The second-order valence-corrected chi connectivity index (χ2v) is 3.89. The van der Waals surface area contributed by atoms with Crippen molar-refractivity contribution in [1.82, 2.24) is 5.16 Å². The summed E-state index contributed by atoms with van der Waals surface area (Å²) in [7, 11) is 0. The van der Waals surface area contributed by atoms with Crippen LogP contribution in [-0.4, -0.2) is 16.2 Å². The lowest BCUT2D eigenvalue weighted by Crippen LogP contribution is -2.01. The highest BCUT2D eigenvalue weighted by Gasteiger charge is 2.22. The number of halogens is 1. The van der Waals surface area contributed by atoms with Crippen LogP contribution in [0.2, 0.25) is 0 Å². The molecule has 0 aliphatic carbocycles. The van der Waals surface area contributed by atoms with E-state index in [1.165, 1.54) is 18.2 Å². The number of aromatic nitrogens is 1. The third kappa shape index (κ3) is 2.25. The molecule has 0 fully saturated rings. The molecule has 0 amide bonds. The lowest BCUT2D eigenvalue weighted by molar-refractivity contribution is 0.0695. The molecule has 0 saturated heterocycles. The van der Waals surface area contributed by atoms with Gasteiger partial charge in [0.1, 0.15) is 17.1 Å². The number of aromatic carboxylic acids is 1. The number of carbonyl (C=O) groups is 1. The number of hydrogen-bond acceptors (Lipinski definition) is 3. The molecule has 0 saturated carbocycles. The Bertz CT molecular complexity index is 577. The van der Waals surface area contributed by atoms with Gasteiger partial charge in [-0.05, 0) is 18.6 Å². The van der Waals surface area contributed by atoms with E-state index in [1.54, 1.807) is 6.07 Å². The molecule has 2 aromatic rings. The van der Waals surface area contributed by atoms with E-state index < -0.39 is 11.8 Å². The maximum Gasteiger partial charge on any atom is 0.341 e. The van der Waals surface area contributed by atoms with Gasteiger partial charge in [-0.1, -0.05) is 24.2 Å². The molecule has 5 heteroatoms. The SMILES string of the molecule is CCCc1onc(-c2cccc(F)c2)c1C(=O)O. The van der Waals surface area contributed by atoms with E-state index in [0.29, 0.717) is 17.7 Å². The summed E-state index contributed by atoms with van der Waals surface area (Å²) in [5.74, 6) is -1.23. The Kier molecular flexibility index (Phi) is 3.41. The first-order valence-corrected chi connectivity index (χ1v) is 5.61. The van der Waals surface area contributed by atoms with E-state index in [0.717, 1.165) is 6.42 Å². The molecule has 0 aliphatic heterocycles. The summed E-state index contributed by atoms with van der Waals surface area (Å²) in [6.45, 7) is 1.91. The van der Waals surface area contributed by atoms with Crippen LogP contribution in [0.15, 0.2) is 28.8 Å². The van der Waals surface area contributed by atoms with E-state index >= 15 is 0 Å². The summed E-state index contributed by atoms with van der Waals surface area (Å²) in [5.41, 5.74) is 0.589. The van der Waals surface area contributed by atoms with Gasteiger partial charge >= 0.3 is 5.97 Å². The zero-order chi connectivity index (χ0) is 13.1. The van der Waals surface area contributed by atoms with E-state index in [-0.39, 0.29) is 11.3 Å². The first-order valence-electron chi connectivity index (χ1n) is 5.61. The van der Waals surface area contributed by atoms with Gasteiger partial charge in [0.2, 0.25) is 0 Å². The minimum atomic E-state index is -1.11. The Morgan fingerprint density at radius 2 is 2.28 bits per heavy atom. The Balaban J connectivity index is 2.54. The van der Waals surface area contributed by atoms with Gasteiger partial charge in [0.25, 0.3) is 0 Å². The van der Waals surface area contributed by atoms with Gasteiger partial charge in [0.05, 0.1) is 0 Å². The van der Waals surface area contributed by atoms with Crippen molar-refractivity contribution in [1.29, 1.82) is 0 Å². The average Bonchev–Trinajstić information content (AvgIpc) is 2.73. The van der Waals surface area contributed by atoms with Crippen LogP contribution in [0.25, 0.3) is 11.3 Å². The van der Waals surface area contributed by atoms with Crippen molar-refractivity contribution in [2.24, 2.45) is 0 Å². The lowest BCUT2D eigenvalue weighted by Gasteiger charge is -1.99. The highest BCUT2D eigenvalue weighted by Crippen LogP contribution is 2.26. The van der Waals surface area contributed by atoms with Crippen molar-refractivity contribution in [2.75, 3.05) is 0 Å². The van der Waals surface area contributed by atoms with Crippen molar-refractivity contribution in [3.63, 3.8) is 0 Å². The first-order chi connectivity index (χ1) is 8.63. The van der Waals surface area contributed by atoms with Crippen LogP contribution in [0.1, 0.15) is 29.5 Å². The molecule has 0 aliphatic rings. The second-order valence-electron chi connectivity index (χ2n) is 3.89. The number of benzene rings is 1. The Morgan fingerprint density at radius 3 is 2.89 bits per heavy atom. The monoisotopic (exact) mass is 249 g/mol. The molecule has 1 aromatic carbocycles. The minimum absolute atomic E-state index is 0.0162. The molecule has 0 bridgehead atoms. The zero-order valence-electron chi connectivity index (χ0n) is 9.81. The lowest BCUT2D eigenvalue weighted by atomic mass is 10.0. The largest absolute Gasteiger partial charge is 0.477 e. The number of carboxylic acids is 1. The maximum atomic E-state index is 13.1. The molecule has 4 nitrogen and oxygen atoms in total. The van der Waals surface area contributed by atoms with Gasteiger partial charge < -0.3 is 9.63 Å². The Labute approximate surface area is 103 Å². The van der Waals surface area contributed by atoms with Crippen molar-refractivity contribution in [2.45, 2.75) is 19.8 Å². The smallest absolute Gasteiger partial charge is 0.341 e. The predicted octanol–water partition coefficient (Wildman–Crippen LogP) is 3.13. The van der Waals surface area contributed by atoms with E-state index in [2.05, 4.69) is 5.16 Å². The van der Waals surface area contributed by atoms with Crippen molar-refractivity contribution >= 4 is 5.97 Å². The van der Waals surface area contributed by atoms with Crippen LogP contribution in [0.5, 0.6) is 0 Å². The number of nitrogens with zero attached hydrogens (tertiary/aromatic N) is 1. The molecule has 1 heterocycles. The number of aryl methyl sites for hydroxylation is 1. The van der Waals surface area contributed by atoms with Crippen LogP contribution in [0.4, 0.5) is 4.39 Å². The van der Waals surface area contributed by atoms with E-state index in [4.69, 9.17) is 4.52 Å². The molecular weight excluding hydrogens is 237 g/mol. The molecule has 94 valence electrons. The Hall–Kier alpha value is -2.17. The molecule has 0 atom stereocenters. The molecular formula is C13H12FNO3. The summed E-state index contributed by atoms with van der Waals surface area (Å²) in [5, 5.41) is 12.9. The minimum Gasteiger partial charge on any atom is -0.477 e. The van der Waals surface area contributed by atoms with Gasteiger partial charge in [0.15, 0.2) is 5.76 Å². The van der Waals surface area contributed by atoms with Crippen molar-refractivity contribution in [3.05, 3.63) is 41.4 Å². The fourth-order valence-electron chi connectivity index (χ4n) is 1.78. The molecule has 0 unspecified atom stereocenters. The normalized spacial score (nSPS) is 10.6. The first kappa shape index (κ1) is 12.3. The van der Waals surface area contributed by atoms with Crippen LogP contribution in [-0.2, 0) is 6.42 Å². The average molecular weight is 249 g/mol. The van der Waals surface area contributed by atoms with Gasteiger partial charge in [-0.3, -0.25) is 0 Å². The molecule has 1 aromatic heterocycles. The van der Waals surface area contributed by atoms with E-state index in [9.17, 15) is 14.3 Å². The topological polar surface area (TPSA) is 63.3 Å². The molecule has 1 N–H and O–H groups in total. The van der Waals surface area contributed by atoms with Crippen molar-refractivity contribution in [3.8, 4) is 11.3 Å². The van der Waals surface area contributed by atoms with Crippen LogP contribution in [0, 0.1) is 5.82 Å². The Morgan fingerprint density at radius 1 is 1.50 bits per heavy atom. The highest BCUT2D eigenvalue weighted by molar-refractivity contribution is 5.95. The number of hydrogen-bond donors (Lipinski definition) is 1. The van der Waals surface area contributed by atoms with Crippen LogP contribution in [0.3, 0.4) is 0 Å². The fourth-order valence-corrected chi connectivity index (χ4v) is 1.78. The van der Waals surface area contributed by atoms with Crippen molar-refractivity contribution < 1.29 is 18.8 Å². The summed E-state index contributed by atoms with van der Waals surface area (Å²) in [6.07, 6.45) is 1.24. The third-order valence-corrected chi connectivity index (χ3v) is 2.55. The summed E-state index contributed by atoms with van der Waals surface area (Å²) in [6, 6.07) is 5.63. The highest BCUT2D eigenvalue weighted by atomic mass is 19.1. The fraction of sp³-hybridized carbons (Fsp3) is 0.231. The third-order valence-electron chi connectivity index (χ3n) is 2.55. The van der Waals surface area contributed by atoms with Gasteiger partial charge in [-0.15, -0.1) is 0 Å². The van der Waals surface area contributed by atoms with Gasteiger partial charge in [-0.2, -0.15) is 0 Å². The summed E-state index contributed by atoms with van der Waals surface area (Å²) >= 11 is 0. The van der Waals surface area contributed by atoms with Gasteiger partial charge in [0, 0.05) is 12.0 Å². The second kappa shape index (κ2) is 5.00. The standard InChI is InChI=1S/C13H12FNO3/c1-2-4-10-11(13(16)17)12(15-18-10)8-5-3-6-9(14)7-8/h3,5-7H,2,4H2,1H3,(H,16,17). The molecule has 18 heavy (non-hydrogen) atoms.